The van der Waals surface area contributed by atoms with E-state index >= 15 is 0 Å². The van der Waals surface area contributed by atoms with Crippen molar-refractivity contribution in [2.45, 2.75) is 39.8 Å². The van der Waals surface area contributed by atoms with Crippen molar-refractivity contribution in [3.8, 4) is 28.6 Å². The first-order valence-corrected chi connectivity index (χ1v) is 10.1. The van der Waals surface area contributed by atoms with Crippen molar-refractivity contribution >= 4 is 5.97 Å². The molecule has 0 aliphatic rings. The first-order valence-electron chi connectivity index (χ1n) is 10.1. The van der Waals surface area contributed by atoms with Crippen molar-refractivity contribution in [3.05, 3.63) is 70.8 Å². The molecule has 0 aliphatic carbocycles. The van der Waals surface area contributed by atoms with Crippen molar-refractivity contribution in [2.24, 2.45) is 5.73 Å². The largest absolute Gasteiger partial charge is 0.479 e. The normalized spacial score (nSPS) is 11.8. The number of halogens is 2. The van der Waals surface area contributed by atoms with Gasteiger partial charge >= 0.3 is 5.97 Å². The molecule has 0 fully saturated rings. The number of rotatable bonds is 8. The van der Waals surface area contributed by atoms with Gasteiger partial charge in [0.2, 0.25) is 0 Å². The van der Waals surface area contributed by atoms with Crippen LogP contribution in [0.15, 0.2) is 42.5 Å². The van der Waals surface area contributed by atoms with E-state index in [2.05, 4.69) is 4.98 Å². The molecule has 0 saturated carbocycles. The molecule has 0 spiro atoms. The summed E-state index contributed by atoms with van der Waals surface area (Å²) in [6, 6.07) is 13.0. The molecule has 168 valence electrons. The summed E-state index contributed by atoms with van der Waals surface area (Å²) >= 11 is 0. The van der Waals surface area contributed by atoms with Crippen LogP contribution in [0.5, 0.6) is 17.5 Å². The van der Waals surface area contributed by atoms with Crippen LogP contribution in [0.1, 0.15) is 30.0 Å². The fourth-order valence-corrected chi connectivity index (χ4v) is 3.16. The summed E-state index contributed by atoms with van der Waals surface area (Å²) in [7, 11) is 0. The third kappa shape index (κ3) is 5.03. The lowest BCUT2D eigenvalue weighted by atomic mass is 10.0. The fourth-order valence-electron chi connectivity index (χ4n) is 3.16. The summed E-state index contributed by atoms with van der Waals surface area (Å²) in [5.41, 5.74) is 8.88. The summed E-state index contributed by atoms with van der Waals surface area (Å²) in [5, 5.41) is 9.17. The van der Waals surface area contributed by atoms with Gasteiger partial charge in [0.25, 0.3) is 11.8 Å². The van der Waals surface area contributed by atoms with Crippen molar-refractivity contribution in [1.82, 2.24) is 4.98 Å². The van der Waals surface area contributed by atoms with Crippen molar-refractivity contribution in [2.75, 3.05) is 0 Å². The van der Waals surface area contributed by atoms with Crippen LogP contribution in [0.4, 0.5) is 8.78 Å². The zero-order chi connectivity index (χ0) is 23.4. The van der Waals surface area contributed by atoms with E-state index in [1.54, 1.807) is 19.1 Å². The lowest BCUT2D eigenvalue weighted by Crippen LogP contribution is -2.27. The Morgan fingerprint density at radius 1 is 1.09 bits per heavy atom. The minimum Gasteiger partial charge on any atom is -0.479 e. The Kier molecular flexibility index (Phi) is 7.05. The minimum atomic E-state index is -1.32. The van der Waals surface area contributed by atoms with Gasteiger partial charge in [-0.3, -0.25) is 0 Å². The van der Waals surface area contributed by atoms with Gasteiger partial charge < -0.3 is 20.3 Å². The van der Waals surface area contributed by atoms with E-state index in [1.165, 1.54) is 6.92 Å². The second-order valence-electron chi connectivity index (χ2n) is 7.37. The van der Waals surface area contributed by atoms with Gasteiger partial charge in [0.1, 0.15) is 5.75 Å². The van der Waals surface area contributed by atoms with Crippen molar-refractivity contribution < 1.29 is 28.2 Å². The maximum atomic E-state index is 14.7. The molecule has 0 unspecified atom stereocenters. The van der Waals surface area contributed by atoms with Gasteiger partial charge in [-0.1, -0.05) is 31.2 Å². The van der Waals surface area contributed by atoms with Crippen LogP contribution in [0.2, 0.25) is 0 Å². The molecule has 0 bridgehead atoms. The molecule has 0 radical (unpaired) electrons. The molecule has 8 heteroatoms. The summed E-state index contributed by atoms with van der Waals surface area (Å²) in [4.78, 5) is 15.0. The van der Waals surface area contributed by atoms with Crippen LogP contribution in [0, 0.1) is 25.5 Å². The third-order valence-electron chi connectivity index (χ3n) is 4.90. The van der Waals surface area contributed by atoms with Crippen LogP contribution >= 0.6 is 0 Å². The van der Waals surface area contributed by atoms with Crippen molar-refractivity contribution in [3.63, 3.8) is 0 Å². The number of benzene rings is 2. The molecule has 3 N–H and O–H groups in total. The Morgan fingerprint density at radius 2 is 1.81 bits per heavy atom. The topological polar surface area (TPSA) is 94.7 Å². The highest BCUT2D eigenvalue weighted by Gasteiger charge is 2.25. The first kappa shape index (κ1) is 23.1. The van der Waals surface area contributed by atoms with Gasteiger partial charge in [0.15, 0.2) is 17.7 Å². The quantitative estimate of drug-likeness (QED) is 0.502. The molecule has 0 amide bonds. The fraction of sp³-hybridized carbons (Fsp3) is 0.250. The standard InChI is InChI=1S/C24H24F2N2O4/c1-4-19(24(29)30)32-23-21(26)14(3)20(25)22(28-23)31-18-9-13(2)8-17(11-18)16-7-5-6-15(10-16)12-27/h5-11,19H,4,12,27H2,1-3H3,(H,29,30)/t19-/m1/s1. The van der Waals surface area contributed by atoms with E-state index in [-0.39, 0.29) is 17.7 Å². The number of aryl methyl sites for hydroxylation is 1. The highest BCUT2D eigenvalue weighted by atomic mass is 19.1. The van der Waals surface area contributed by atoms with Gasteiger partial charge in [-0.15, -0.1) is 0 Å². The van der Waals surface area contributed by atoms with Crippen LogP contribution in [-0.2, 0) is 11.3 Å². The van der Waals surface area contributed by atoms with E-state index < -0.39 is 35.5 Å². The van der Waals surface area contributed by atoms with Crippen LogP contribution < -0.4 is 15.2 Å². The van der Waals surface area contributed by atoms with E-state index in [0.29, 0.717) is 6.54 Å². The maximum Gasteiger partial charge on any atom is 0.344 e. The summed E-state index contributed by atoms with van der Waals surface area (Å²) in [5.74, 6) is -4.19. The second-order valence-corrected chi connectivity index (χ2v) is 7.37. The second kappa shape index (κ2) is 9.74. The molecule has 32 heavy (non-hydrogen) atoms. The van der Waals surface area contributed by atoms with E-state index in [4.69, 9.17) is 15.2 Å². The maximum absolute atomic E-state index is 14.7. The highest BCUT2D eigenvalue weighted by molar-refractivity contribution is 5.72. The number of carboxylic acids is 1. The Hall–Kier alpha value is -3.52. The molecular weight excluding hydrogens is 418 g/mol. The van der Waals surface area contributed by atoms with Crippen LogP contribution in [0.3, 0.4) is 0 Å². The molecule has 1 aromatic heterocycles. The van der Waals surface area contributed by atoms with Gasteiger partial charge in [0.05, 0.1) is 0 Å². The number of pyridine rings is 1. The molecule has 3 rings (SSSR count). The molecule has 1 heterocycles. The molecule has 0 aliphatic heterocycles. The smallest absolute Gasteiger partial charge is 0.344 e. The molecule has 0 saturated heterocycles. The molecular formula is C24H24F2N2O4. The average Bonchev–Trinajstić information content (AvgIpc) is 2.78. The number of aliphatic carboxylic acids is 1. The summed E-state index contributed by atoms with van der Waals surface area (Å²) < 4.78 is 40.0. The first-order chi connectivity index (χ1) is 15.2. The zero-order valence-electron chi connectivity index (χ0n) is 18.0. The summed E-state index contributed by atoms with van der Waals surface area (Å²) in [6.45, 7) is 5.02. The Bertz CT molecular complexity index is 1150. The average molecular weight is 442 g/mol. The van der Waals surface area contributed by atoms with E-state index in [9.17, 15) is 18.7 Å². The number of carboxylic acid groups (broad SMARTS) is 1. The SMILES string of the molecule is CC[C@@H](Oc1nc(Oc2cc(C)cc(-c3cccc(CN)c3)c2)c(F)c(C)c1F)C(=O)O. The van der Waals surface area contributed by atoms with Gasteiger partial charge in [-0.2, -0.15) is 4.98 Å². The lowest BCUT2D eigenvalue weighted by Gasteiger charge is -2.16. The molecule has 2 aromatic carbocycles. The number of hydrogen-bond donors (Lipinski definition) is 2. The molecule has 1 atom stereocenters. The summed E-state index contributed by atoms with van der Waals surface area (Å²) in [6.07, 6.45) is -1.25. The number of nitrogens with two attached hydrogens (primary N) is 1. The Morgan fingerprint density at radius 3 is 2.47 bits per heavy atom. The minimum absolute atomic E-state index is 0.0756. The number of aromatic nitrogens is 1. The van der Waals surface area contributed by atoms with E-state index in [0.717, 1.165) is 22.3 Å². The van der Waals surface area contributed by atoms with Gasteiger partial charge in [0, 0.05) is 12.1 Å². The predicted molar refractivity (Wildman–Crippen MR) is 116 cm³/mol. The number of nitrogens with zero attached hydrogens (tertiary/aromatic N) is 1. The number of hydrogen-bond acceptors (Lipinski definition) is 5. The monoisotopic (exact) mass is 442 g/mol. The Balaban J connectivity index is 1.99. The zero-order valence-corrected chi connectivity index (χ0v) is 18.0. The van der Waals surface area contributed by atoms with Gasteiger partial charge in [-0.25, -0.2) is 13.6 Å². The predicted octanol–water partition coefficient (Wildman–Crippen LogP) is 5.14. The molecule has 3 aromatic rings. The lowest BCUT2D eigenvalue weighted by molar-refractivity contribution is -0.145. The van der Waals surface area contributed by atoms with Crippen LogP contribution in [0.25, 0.3) is 11.1 Å². The van der Waals surface area contributed by atoms with E-state index in [1.807, 2.05) is 37.3 Å². The number of carbonyl (C=O) groups is 1. The van der Waals surface area contributed by atoms with Crippen LogP contribution in [-0.4, -0.2) is 22.2 Å². The highest BCUT2D eigenvalue weighted by Crippen LogP contribution is 2.33. The van der Waals surface area contributed by atoms with Crippen molar-refractivity contribution in [1.29, 1.82) is 0 Å². The third-order valence-corrected chi connectivity index (χ3v) is 4.90. The van der Waals surface area contributed by atoms with Gasteiger partial charge in [-0.05, 0) is 60.7 Å². The number of ether oxygens (including phenoxy) is 2. The molecule has 6 nitrogen and oxygen atoms in total. The Labute approximate surface area is 184 Å².